The Kier molecular flexibility index (Phi) is 25.2. The molecule has 11 amide bonds. The largest absolute Gasteiger partial charge is 0.508 e. The minimum Gasteiger partial charge on any atom is -0.508 e. The summed E-state index contributed by atoms with van der Waals surface area (Å²) in [4.78, 5) is 157. The van der Waals surface area contributed by atoms with Crippen LogP contribution in [0.25, 0.3) is 0 Å². The Hall–Kier alpha value is -9.14. The molecule has 8 atom stereocenters. The maximum absolute atomic E-state index is 14.8. The molecule has 0 aliphatic carbocycles. The molecule has 18 N–H and O–H groups in total. The average molecular weight is 1150 g/mol. The number of benzene rings is 3. The Balaban J connectivity index is 1.36. The van der Waals surface area contributed by atoms with Crippen LogP contribution in [-0.4, -0.2) is 167 Å². The summed E-state index contributed by atoms with van der Waals surface area (Å²) in [5.74, 6) is -8.92. The van der Waals surface area contributed by atoms with Crippen LogP contribution in [0.1, 0.15) is 80.9 Å². The minimum absolute atomic E-state index is 0.0256. The molecule has 2 aliphatic rings. The fourth-order valence-corrected chi connectivity index (χ4v) is 9.50. The number of likely N-dealkylation sites (tertiary alicyclic amines) is 1. The van der Waals surface area contributed by atoms with Gasteiger partial charge in [-0.15, -0.1) is 0 Å². The lowest BCUT2D eigenvalue weighted by Gasteiger charge is -2.32. The Labute approximate surface area is 480 Å². The summed E-state index contributed by atoms with van der Waals surface area (Å²) in [5, 5.41) is 28.1. The molecule has 2 heterocycles. The number of aromatic hydroxyl groups is 1. The molecular weight excluding hydrogens is 1070 g/mol. The number of likely N-dealkylation sites (N-methyl/N-ethyl adjacent to an activating group) is 1. The van der Waals surface area contributed by atoms with E-state index in [0.29, 0.717) is 16.7 Å². The number of primary amides is 2. The maximum Gasteiger partial charge on any atom is 0.246 e. The standard InChI is InChI=1S/C56H77N15O12/c1-70-44(30-34-14-6-3-7-15-34)54(82)69-42(31-46(74)62-25-9-8-16-38(50(78)64-32-47(70)75)65-49(77)37(57)28-35-19-21-36(72)22-20-35)55(83)71-27-11-18-43(71)53(81)67-40(23-24-45(58)73)52(80)66-39(17-10-26-63-56(60)61)51(79)68-41(48(59)76)29-33-12-4-2-5-13-33/h2-7,12-15,19-22,37-44,72H,8-11,16-18,23-32,57H2,1H3,(H2,58,73)(H2,59,76)(H,62,74)(H,64,78)(H,65,77)(H,66,80)(H,67,81)(H,68,79)(H,69,82)(H4,60,61,63)/t37-,38+,39-,40-,41-,42+,43-,44-/m0/s1. The van der Waals surface area contributed by atoms with E-state index >= 15 is 0 Å². The van der Waals surface area contributed by atoms with Crippen LogP contribution in [-0.2, 0) is 72.0 Å². The second-order valence-electron chi connectivity index (χ2n) is 20.5. The summed E-state index contributed by atoms with van der Waals surface area (Å²) in [6.45, 7) is -0.552. The predicted molar refractivity (Wildman–Crippen MR) is 303 cm³/mol. The van der Waals surface area contributed by atoms with Gasteiger partial charge in [-0.3, -0.25) is 57.7 Å². The van der Waals surface area contributed by atoms with Gasteiger partial charge in [-0.2, -0.15) is 0 Å². The van der Waals surface area contributed by atoms with Crippen LogP contribution in [0, 0.1) is 0 Å². The van der Waals surface area contributed by atoms with Crippen molar-refractivity contribution in [2.24, 2.45) is 33.7 Å². The molecule has 5 rings (SSSR count). The van der Waals surface area contributed by atoms with E-state index in [1.165, 1.54) is 19.2 Å². The molecule has 0 saturated carbocycles. The van der Waals surface area contributed by atoms with Crippen molar-refractivity contribution < 1.29 is 57.8 Å². The van der Waals surface area contributed by atoms with Crippen LogP contribution in [0.2, 0.25) is 0 Å². The summed E-state index contributed by atoms with van der Waals surface area (Å²) >= 11 is 0. The molecule has 0 spiro atoms. The lowest BCUT2D eigenvalue weighted by molar-refractivity contribution is -0.145. The molecule has 0 bridgehead atoms. The predicted octanol–water partition coefficient (Wildman–Crippen LogP) is -3.40. The highest BCUT2D eigenvalue weighted by Crippen LogP contribution is 2.21. The second kappa shape index (κ2) is 32.3. The first kappa shape index (κ1) is 64.7. The molecule has 27 nitrogen and oxygen atoms in total. The molecule has 3 aromatic carbocycles. The third kappa shape index (κ3) is 21.0. The lowest BCUT2D eigenvalue weighted by atomic mass is 10.0. The molecule has 0 aromatic heterocycles. The van der Waals surface area contributed by atoms with Gasteiger partial charge in [0, 0.05) is 45.9 Å². The van der Waals surface area contributed by atoms with Gasteiger partial charge in [0.25, 0.3) is 0 Å². The molecule has 0 unspecified atom stereocenters. The third-order valence-corrected chi connectivity index (χ3v) is 14.1. The minimum atomic E-state index is -1.61. The summed E-state index contributed by atoms with van der Waals surface area (Å²) < 4.78 is 0. The molecule has 2 fully saturated rings. The zero-order valence-electron chi connectivity index (χ0n) is 46.4. The Morgan fingerprint density at radius 2 is 1.34 bits per heavy atom. The summed E-state index contributed by atoms with van der Waals surface area (Å²) in [5.41, 5.74) is 30.3. The van der Waals surface area contributed by atoms with Gasteiger partial charge in [0.2, 0.25) is 65.0 Å². The second-order valence-corrected chi connectivity index (χ2v) is 20.5. The number of phenols is 1. The van der Waals surface area contributed by atoms with E-state index in [0.717, 1.165) is 9.80 Å². The van der Waals surface area contributed by atoms with Crippen LogP contribution in [0.15, 0.2) is 89.9 Å². The first-order chi connectivity index (χ1) is 39.6. The zero-order chi connectivity index (χ0) is 60.6. The van der Waals surface area contributed by atoms with Gasteiger partial charge in [-0.25, -0.2) is 0 Å². The quantitative estimate of drug-likeness (QED) is 0.0250. The summed E-state index contributed by atoms with van der Waals surface area (Å²) in [6.07, 6.45) is -0.323. The van der Waals surface area contributed by atoms with Gasteiger partial charge in [0.1, 0.15) is 48.0 Å². The van der Waals surface area contributed by atoms with E-state index in [-0.39, 0.29) is 102 Å². The average Bonchev–Trinajstić information content (AvgIpc) is 4.09. The lowest BCUT2D eigenvalue weighted by Crippen LogP contribution is -2.60. The summed E-state index contributed by atoms with van der Waals surface area (Å²) in [6, 6.07) is 12.9. The highest BCUT2D eigenvalue weighted by atomic mass is 16.3. The van der Waals surface area contributed by atoms with E-state index in [2.05, 4.69) is 42.2 Å². The van der Waals surface area contributed by atoms with Crippen LogP contribution in [0.4, 0.5) is 0 Å². The number of guanidine groups is 1. The number of nitrogens with two attached hydrogens (primary N) is 5. The fraction of sp³-hybridized carbons (Fsp3) is 0.464. The number of rotatable bonds is 23. The van der Waals surface area contributed by atoms with Crippen molar-refractivity contribution in [3.63, 3.8) is 0 Å². The van der Waals surface area contributed by atoms with Crippen molar-refractivity contribution in [2.75, 3.05) is 33.2 Å². The van der Waals surface area contributed by atoms with Crippen molar-refractivity contribution >= 4 is 70.9 Å². The van der Waals surface area contributed by atoms with Gasteiger partial charge in [0.05, 0.1) is 19.0 Å². The summed E-state index contributed by atoms with van der Waals surface area (Å²) in [7, 11) is 1.33. The highest BCUT2D eigenvalue weighted by molar-refractivity contribution is 5.99. The topological polar surface area (TPSA) is 441 Å². The van der Waals surface area contributed by atoms with Crippen LogP contribution >= 0.6 is 0 Å². The zero-order valence-corrected chi connectivity index (χ0v) is 46.4. The van der Waals surface area contributed by atoms with E-state index in [1.807, 2.05) is 0 Å². The number of aliphatic imine (C=N–C) groups is 1. The van der Waals surface area contributed by atoms with Crippen molar-refractivity contribution in [3.05, 3.63) is 102 Å². The number of hydrogen-bond donors (Lipinski definition) is 13. The van der Waals surface area contributed by atoms with Gasteiger partial charge in [0.15, 0.2) is 5.96 Å². The molecule has 0 radical (unpaired) electrons. The number of carbonyl (C=O) groups excluding carboxylic acids is 11. The molecule has 2 saturated heterocycles. The number of nitrogens with one attached hydrogen (secondary N) is 7. The normalized spacial score (nSPS) is 19.6. The van der Waals surface area contributed by atoms with Crippen LogP contribution in [0.5, 0.6) is 5.75 Å². The van der Waals surface area contributed by atoms with Gasteiger partial charge in [-0.1, -0.05) is 72.8 Å². The van der Waals surface area contributed by atoms with Crippen molar-refractivity contribution in [1.29, 1.82) is 0 Å². The van der Waals surface area contributed by atoms with E-state index < -0.39 is 133 Å². The highest BCUT2D eigenvalue weighted by Gasteiger charge is 2.41. The van der Waals surface area contributed by atoms with E-state index in [9.17, 15) is 57.8 Å². The smallest absolute Gasteiger partial charge is 0.246 e. The van der Waals surface area contributed by atoms with Crippen molar-refractivity contribution in [3.8, 4) is 5.75 Å². The van der Waals surface area contributed by atoms with Crippen LogP contribution in [0.3, 0.4) is 0 Å². The molecule has 448 valence electrons. The van der Waals surface area contributed by atoms with Crippen molar-refractivity contribution in [2.45, 2.75) is 132 Å². The third-order valence-electron chi connectivity index (χ3n) is 14.1. The maximum atomic E-state index is 14.8. The number of phenolic OH excluding ortho intramolecular Hbond substituents is 1. The number of carbonyl (C=O) groups is 11. The van der Waals surface area contributed by atoms with E-state index in [4.69, 9.17) is 28.7 Å². The molecule has 27 heteroatoms. The van der Waals surface area contributed by atoms with Crippen LogP contribution < -0.4 is 65.9 Å². The Bertz CT molecular complexity index is 2780. The molecule has 2 aliphatic heterocycles. The fourth-order valence-electron chi connectivity index (χ4n) is 9.50. The van der Waals surface area contributed by atoms with Crippen molar-refractivity contribution in [1.82, 2.24) is 47.0 Å². The van der Waals surface area contributed by atoms with Gasteiger partial charge in [-0.05, 0) is 86.6 Å². The molecular formula is C56H77N15O12. The van der Waals surface area contributed by atoms with E-state index in [1.54, 1.807) is 72.8 Å². The number of amides is 11. The number of nitrogens with zero attached hydrogens (tertiary/aromatic N) is 3. The molecule has 3 aromatic rings. The first-order valence-corrected chi connectivity index (χ1v) is 27.5. The Morgan fingerprint density at radius 3 is 1.98 bits per heavy atom. The monoisotopic (exact) mass is 1150 g/mol. The van der Waals surface area contributed by atoms with Gasteiger partial charge < -0.3 is 80.8 Å². The SMILES string of the molecule is CN1C(=O)CNC(=O)[C@H](NC(=O)[C@@H](N)Cc2ccc(O)cc2)CCCCNC(=O)C[C@H](C(=O)N2CCC[C@H]2C(=O)N[C@@H](CCC(N)=O)C(=O)N[C@@H](CCCN=C(N)N)C(=O)N[C@@H](Cc2ccccc2)C(N)=O)NC(=O)[C@@H]1Cc1ccccc1. The Morgan fingerprint density at radius 1 is 0.711 bits per heavy atom. The molecule has 83 heavy (non-hydrogen) atoms. The number of hydrogen-bond acceptors (Lipinski definition) is 14. The van der Waals surface area contributed by atoms with Gasteiger partial charge >= 0.3 is 0 Å². The first-order valence-electron chi connectivity index (χ1n) is 27.5.